The monoisotopic (exact) mass is 241 g/mol. The quantitative estimate of drug-likeness (QED) is 0.797. The van der Waals surface area contributed by atoms with Crippen molar-refractivity contribution in [2.24, 2.45) is 0 Å². The zero-order valence-electron chi connectivity index (χ0n) is 8.30. The summed E-state index contributed by atoms with van der Waals surface area (Å²) in [5, 5.41) is 17.1. The zero-order valence-corrected chi connectivity index (χ0v) is 9.94. The van der Waals surface area contributed by atoms with E-state index in [1.54, 1.807) is 17.5 Å². The van der Waals surface area contributed by atoms with Crippen LogP contribution in [-0.2, 0) is 6.42 Å². The van der Waals surface area contributed by atoms with Crippen LogP contribution >= 0.6 is 22.9 Å². The highest BCUT2D eigenvalue weighted by molar-refractivity contribution is 7.19. The summed E-state index contributed by atoms with van der Waals surface area (Å²) in [5.41, 5.74) is 0. The second-order valence-electron chi connectivity index (χ2n) is 2.99. The fourth-order valence-electron chi connectivity index (χ4n) is 1.13. The molecule has 0 unspecified atom stereocenters. The topological polar surface area (TPSA) is 63.6 Å². The van der Waals surface area contributed by atoms with Crippen LogP contribution in [-0.4, -0.2) is 33.4 Å². The lowest BCUT2D eigenvalue weighted by atomic mass is 10.3. The van der Waals surface area contributed by atoms with Crippen LogP contribution in [0.1, 0.15) is 11.4 Å². The van der Waals surface area contributed by atoms with Crippen molar-refractivity contribution < 1.29 is 0 Å². The normalized spacial score (nSPS) is 10.7. The first kappa shape index (κ1) is 10.6. The van der Waals surface area contributed by atoms with Gasteiger partial charge in [-0.2, -0.15) is 0 Å². The maximum absolute atomic E-state index is 4.14. The Balaban J connectivity index is 1.98. The largest absolute Gasteiger partial charge is 0.320 e. The van der Waals surface area contributed by atoms with Gasteiger partial charge in [0.05, 0.1) is 6.20 Å². The molecule has 80 valence electrons. The molecule has 0 aliphatic carbocycles. The van der Waals surface area contributed by atoms with E-state index < -0.39 is 0 Å². The first-order chi connectivity index (χ1) is 7.40. The van der Waals surface area contributed by atoms with Crippen molar-refractivity contribution in [3.05, 3.63) is 11.2 Å². The highest BCUT2D eigenvalue weighted by Crippen LogP contribution is 2.25. The Bertz CT molecular complexity index is 397. The number of hydrogen-bond acceptors (Lipinski definition) is 7. The van der Waals surface area contributed by atoms with Crippen LogP contribution in [0.5, 0.6) is 0 Å². The number of rotatable bonds is 5. The molecule has 0 aliphatic heterocycles. The van der Waals surface area contributed by atoms with Gasteiger partial charge in [-0.05, 0) is 31.5 Å². The van der Waals surface area contributed by atoms with E-state index in [-0.39, 0.29) is 0 Å². The average molecular weight is 241 g/mol. The van der Waals surface area contributed by atoms with Gasteiger partial charge in [0.15, 0.2) is 5.01 Å². The SMILES string of the molecule is CNCCCc1nnc(-c2cnns2)s1. The lowest BCUT2D eigenvalue weighted by Gasteiger charge is -1.93. The number of nitrogens with one attached hydrogen (secondary N) is 1. The van der Waals surface area contributed by atoms with Gasteiger partial charge < -0.3 is 5.32 Å². The summed E-state index contributed by atoms with van der Waals surface area (Å²) in [6.45, 7) is 1.01. The Morgan fingerprint density at radius 1 is 1.40 bits per heavy atom. The molecule has 2 aromatic heterocycles. The first-order valence-corrected chi connectivity index (χ1v) is 6.24. The van der Waals surface area contributed by atoms with Crippen LogP contribution in [0, 0.1) is 0 Å². The molecule has 0 saturated heterocycles. The Morgan fingerprint density at radius 2 is 2.33 bits per heavy atom. The summed E-state index contributed by atoms with van der Waals surface area (Å²) >= 11 is 2.97. The van der Waals surface area contributed by atoms with Crippen LogP contribution < -0.4 is 5.32 Å². The summed E-state index contributed by atoms with van der Waals surface area (Å²) < 4.78 is 3.80. The molecule has 0 atom stereocenters. The van der Waals surface area contributed by atoms with Gasteiger partial charge in [-0.3, -0.25) is 0 Å². The molecule has 2 heterocycles. The van der Waals surface area contributed by atoms with Crippen LogP contribution in [0.25, 0.3) is 9.88 Å². The predicted octanol–water partition coefficient (Wildman–Crippen LogP) is 1.21. The minimum absolute atomic E-state index is 0.921. The van der Waals surface area contributed by atoms with Crippen molar-refractivity contribution in [2.75, 3.05) is 13.6 Å². The van der Waals surface area contributed by atoms with E-state index in [2.05, 4.69) is 25.1 Å². The van der Waals surface area contributed by atoms with Crippen LogP contribution in [0.15, 0.2) is 6.20 Å². The summed E-state index contributed by atoms with van der Waals surface area (Å²) in [4.78, 5) is 0.993. The molecule has 5 nitrogen and oxygen atoms in total. The van der Waals surface area contributed by atoms with E-state index in [1.165, 1.54) is 11.5 Å². The van der Waals surface area contributed by atoms with E-state index in [1.807, 2.05) is 7.05 Å². The lowest BCUT2D eigenvalue weighted by molar-refractivity contribution is 0.718. The molecule has 0 aliphatic rings. The molecule has 2 rings (SSSR count). The third kappa shape index (κ3) is 2.77. The maximum Gasteiger partial charge on any atom is 0.161 e. The molecule has 0 saturated carbocycles. The second kappa shape index (κ2) is 5.24. The molecular weight excluding hydrogens is 230 g/mol. The van der Waals surface area contributed by atoms with Crippen molar-refractivity contribution in [3.8, 4) is 9.88 Å². The van der Waals surface area contributed by atoms with Gasteiger partial charge in [-0.1, -0.05) is 15.8 Å². The molecule has 2 aromatic rings. The van der Waals surface area contributed by atoms with Crippen molar-refractivity contribution in [3.63, 3.8) is 0 Å². The van der Waals surface area contributed by atoms with Crippen molar-refractivity contribution in [2.45, 2.75) is 12.8 Å². The van der Waals surface area contributed by atoms with Gasteiger partial charge >= 0.3 is 0 Å². The summed E-state index contributed by atoms with van der Waals surface area (Å²) in [6, 6.07) is 0. The highest BCUT2D eigenvalue weighted by Gasteiger charge is 2.08. The van der Waals surface area contributed by atoms with E-state index in [9.17, 15) is 0 Å². The molecule has 15 heavy (non-hydrogen) atoms. The minimum atomic E-state index is 0.921. The Morgan fingerprint density at radius 3 is 3.07 bits per heavy atom. The van der Waals surface area contributed by atoms with Gasteiger partial charge in [0, 0.05) is 6.42 Å². The smallest absolute Gasteiger partial charge is 0.161 e. The maximum atomic E-state index is 4.14. The third-order valence-electron chi connectivity index (χ3n) is 1.86. The molecule has 0 radical (unpaired) electrons. The van der Waals surface area contributed by atoms with E-state index in [4.69, 9.17) is 0 Å². The van der Waals surface area contributed by atoms with Gasteiger partial charge in [0.25, 0.3) is 0 Å². The first-order valence-electron chi connectivity index (χ1n) is 4.65. The van der Waals surface area contributed by atoms with Crippen molar-refractivity contribution in [1.29, 1.82) is 0 Å². The van der Waals surface area contributed by atoms with Gasteiger partial charge in [-0.25, -0.2) is 0 Å². The Hall–Kier alpha value is -0.920. The Labute approximate surface area is 95.7 Å². The number of hydrogen-bond donors (Lipinski definition) is 1. The lowest BCUT2D eigenvalue weighted by Crippen LogP contribution is -2.08. The fourth-order valence-corrected chi connectivity index (χ4v) is 2.55. The molecule has 0 aromatic carbocycles. The van der Waals surface area contributed by atoms with Crippen LogP contribution in [0.4, 0.5) is 0 Å². The van der Waals surface area contributed by atoms with Gasteiger partial charge in [0.1, 0.15) is 9.88 Å². The number of aromatic nitrogens is 4. The van der Waals surface area contributed by atoms with Crippen LogP contribution in [0.2, 0.25) is 0 Å². The van der Waals surface area contributed by atoms with Crippen molar-refractivity contribution >= 4 is 22.9 Å². The summed E-state index contributed by atoms with van der Waals surface area (Å²) in [7, 11) is 1.95. The number of aryl methyl sites for hydroxylation is 1. The minimum Gasteiger partial charge on any atom is -0.320 e. The van der Waals surface area contributed by atoms with Crippen LogP contribution in [0.3, 0.4) is 0 Å². The highest BCUT2D eigenvalue weighted by atomic mass is 32.1. The molecule has 0 spiro atoms. The molecular formula is C8H11N5S2. The third-order valence-corrected chi connectivity index (χ3v) is 3.67. The van der Waals surface area contributed by atoms with E-state index in [0.717, 1.165) is 34.3 Å². The average Bonchev–Trinajstić information content (AvgIpc) is 2.87. The summed E-state index contributed by atoms with van der Waals surface area (Å²) in [6.07, 6.45) is 3.79. The van der Waals surface area contributed by atoms with E-state index in [0.29, 0.717) is 0 Å². The molecule has 0 amide bonds. The molecule has 0 fully saturated rings. The summed E-state index contributed by atoms with van der Waals surface area (Å²) in [5.74, 6) is 0. The predicted molar refractivity (Wildman–Crippen MR) is 61.1 cm³/mol. The standard InChI is InChI=1S/C8H11N5S2/c1-9-4-2-3-7-11-12-8(14-7)6-5-10-13-15-6/h5,9H,2-4H2,1H3. The fraction of sp³-hybridized carbons (Fsp3) is 0.500. The molecule has 1 N–H and O–H groups in total. The second-order valence-corrected chi connectivity index (χ2v) is 4.84. The molecule has 7 heteroatoms. The Kier molecular flexibility index (Phi) is 3.70. The number of nitrogens with zero attached hydrogens (tertiary/aromatic N) is 4. The molecule has 0 bridgehead atoms. The van der Waals surface area contributed by atoms with Crippen molar-refractivity contribution in [1.82, 2.24) is 25.1 Å². The zero-order chi connectivity index (χ0) is 10.5. The van der Waals surface area contributed by atoms with Gasteiger partial charge in [0.2, 0.25) is 0 Å². The van der Waals surface area contributed by atoms with E-state index >= 15 is 0 Å². The van der Waals surface area contributed by atoms with Gasteiger partial charge in [-0.15, -0.1) is 15.3 Å².